The number of nitrogens with zero attached hydrogens (tertiary/aromatic N) is 5. The predicted octanol–water partition coefficient (Wildman–Crippen LogP) is 2.59. The summed E-state index contributed by atoms with van der Waals surface area (Å²) in [5.74, 6) is -0.789. The second-order valence-corrected chi connectivity index (χ2v) is 8.47. The Morgan fingerprint density at radius 3 is 2.55 bits per heavy atom. The maximum Gasteiger partial charge on any atom is 0.269 e. The lowest BCUT2D eigenvalue weighted by Gasteiger charge is -2.36. The van der Waals surface area contributed by atoms with E-state index in [-0.39, 0.29) is 5.69 Å². The number of carbonyl (C=O) groups is 2. The van der Waals surface area contributed by atoms with E-state index in [1.807, 2.05) is 0 Å². The van der Waals surface area contributed by atoms with Crippen molar-refractivity contribution in [1.29, 1.82) is 0 Å². The molecule has 1 aromatic heterocycles. The van der Waals surface area contributed by atoms with Crippen LogP contribution in [0.2, 0.25) is 0 Å². The average molecular weight is 447 g/mol. The quantitative estimate of drug-likeness (QED) is 0.349. The molecule has 1 saturated carbocycles. The summed E-state index contributed by atoms with van der Waals surface area (Å²) in [6.07, 6.45) is 3.24. The summed E-state index contributed by atoms with van der Waals surface area (Å²) in [4.78, 5) is 37.1. The van der Waals surface area contributed by atoms with Crippen LogP contribution < -0.4 is 4.90 Å². The number of ketones is 1. The monoisotopic (exact) mass is 447 g/mol. The molecule has 0 spiro atoms. The van der Waals surface area contributed by atoms with Crippen LogP contribution in [-0.4, -0.2) is 49.4 Å². The molecule has 2 aliphatic rings. The van der Waals surface area contributed by atoms with Gasteiger partial charge in [0.15, 0.2) is 6.10 Å². The van der Waals surface area contributed by atoms with Crippen molar-refractivity contribution >= 4 is 23.1 Å². The maximum absolute atomic E-state index is 12.7. The Labute approximate surface area is 188 Å². The zero-order valence-electron chi connectivity index (χ0n) is 17.6. The van der Waals surface area contributed by atoms with Crippen LogP contribution in [0.3, 0.4) is 0 Å². The molecule has 33 heavy (non-hydrogen) atoms. The summed E-state index contributed by atoms with van der Waals surface area (Å²) < 4.78 is 1.60. The van der Waals surface area contributed by atoms with Crippen molar-refractivity contribution in [2.24, 2.45) is 5.92 Å². The van der Waals surface area contributed by atoms with Gasteiger partial charge in [0.2, 0.25) is 5.78 Å². The number of hydrogen-bond donors (Lipinski definition) is 1. The van der Waals surface area contributed by atoms with Crippen molar-refractivity contribution in [3.63, 3.8) is 0 Å². The molecule has 1 fully saturated rings. The van der Waals surface area contributed by atoms with Crippen LogP contribution in [0.15, 0.2) is 48.7 Å². The molecule has 10 nitrogen and oxygen atoms in total. The highest BCUT2D eigenvalue weighted by atomic mass is 16.6. The van der Waals surface area contributed by atoms with Crippen molar-refractivity contribution in [3.05, 3.63) is 69.9 Å². The van der Waals surface area contributed by atoms with E-state index in [0.29, 0.717) is 41.5 Å². The largest absolute Gasteiger partial charge is 0.376 e. The number of anilines is 1. The zero-order valence-corrected chi connectivity index (χ0v) is 17.6. The Morgan fingerprint density at radius 2 is 1.88 bits per heavy atom. The Hall–Kier alpha value is -3.92. The second-order valence-electron chi connectivity index (χ2n) is 8.47. The number of amides is 1. The van der Waals surface area contributed by atoms with Crippen molar-refractivity contribution in [1.82, 2.24) is 15.0 Å². The van der Waals surface area contributed by atoms with Gasteiger partial charge in [0, 0.05) is 29.8 Å². The number of Topliss-reactive ketones (excluding diaryl/α,β-unsaturated/α-hetero) is 1. The molecule has 1 atom stereocenters. The molecule has 1 amide bonds. The van der Waals surface area contributed by atoms with Gasteiger partial charge in [0.25, 0.3) is 11.6 Å². The molecular formula is C23H21N5O5. The van der Waals surface area contributed by atoms with E-state index in [1.54, 1.807) is 41.2 Å². The molecule has 0 saturated heterocycles. The van der Waals surface area contributed by atoms with Gasteiger partial charge in [-0.15, -0.1) is 5.10 Å². The van der Waals surface area contributed by atoms with Crippen molar-refractivity contribution in [2.45, 2.75) is 31.9 Å². The summed E-state index contributed by atoms with van der Waals surface area (Å²) in [7, 11) is 0. The van der Waals surface area contributed by atoms with Crippen LogP contribution >= 0.6 is 0 Å². The summed E-state index contributed by atoms with van der Waals surface area (Å²) in [5.41, 5.74) is 2.83. The lowest BCUT2D eigenvalue weighted by molar-refractivity contribution is -0.384. The number of aromatic nitrogens is 3. The van der Waals surface area contributed by atoms with Crippen LogP contribution in [0.5, 0.6) is 0 Å². The van der Waals surface area contributed by atoms with Gasteiger partial charge in [-0.2, -0.15) is 0 Å². The van der Waals surface area contributed by atoms with Gasteiger partial charge in [-0.25, -0.2) is 4.68 Å². The van der Waals surface area contributed by atoms with E-state index in [0.717, 1.165) is 24.8 Å². The van der Waals surface area contributed by atoms with Crippen molar-refractivity contribution in [2.75, 3.05) is 11.4 Å². The number of nitro groups is 1. The number of rotatable bonds is 6. The number of aliphatic hydroxyl groups excluding tert-OH is 1. The van der Waals surface area contributed by atoms with Gasteiger partial charge >= 0.3 is 0 Å². The molecule has 1 N–H and O–H groups in total. The normalized spacial score (nSPS) is 18.2. The van der Waals surface area contributed by atoms with Gasteiger partial charge in [-0.1, -0.05) is 29.8 Å². The number of non-ortho nitro benzene ring substituents is 1. The highest BCUT2D eigenvalue weighted by Crippen LogP contribution is 2.35. The smallest absolute Gasteiger partial charge is 0.269 e. The maximum atomic E-state index is 12.7. The molecule has 5 rings (SSSR count). The summed E-state index contributed by atoms with van der Waals surface area (Å²) in [6, 6.07) is 11.3. The average Bonchev–Trinajstić information content (AvgIpc) is 3.25. The first kappa shape index (κ1) is 21.0. The Kier molecular flexibility index (Phi) is 5.21. The van der Waals surface area contributed by atoms with E-state index in [4.69, 9.17) is 0 Å². The van der Waals surface area contributed by atoms with E-state index in [1.165, 1.54) is 17.0 Å². The predicted molar refractivity (Wildman–Crippen MR) is 118 cm³/mol. The van der Waals surface area contributed by atoms with Crippen LogP contribution in [0.4, 0.5) is 11.4 Å². The lowest BCUT2D eigenvalue weighted by Crippen LogP contribution is -2.50. The third-order valence-electron chi connectivity index (χ3n) is 6.29. The topological polar surface area (TPSA) is 131 Å². The third-order valence-corrected chi connectivity index (χ3v) is 6.29. The van der Waals surface area contributed by atoms with Crippen molar-refractivity contribution < 1.29 is 19.6 Å². The van der Waals surface area contributed by atoms with E-state index in [2.05, 4.69) is 10.3 Å². The van der Waals surface area contributed by atoms with E-state index in [9.17, 15) is 24.8 Å². The summed E-state index contributed by atoms with van der Waals surface area (Å²) >= 11 is 0. The second kappa shape index (κ2) is 8.21. The fourth-order valence-corrected chi connectivity index (χ4v) is 4.19. The van der Waals surface area contributed by atoms with Crippen LogP contribution in [0, 0.1) is 16.0 Å². The zero-order chi connectivity index (χ0) is 23.1. The van der Waals surface area contributed by atoms with Gasteiger partial charge in [-0.3, -0.25) is 19.7 Å². The fourth-order valence-electron chi connectivity index (χ4n) is 4.19. The van der Waals surface area contributed by atoms with Gasteiger partial charge < -0.3 is 10.0 Å². The Morgan fingerprint density at radius 1 is 1.12 bits per heavy atom. The Balaban J connectivity index is 1.39. The standard InChI is InChI=1S/C23H21N5O5/c29-21-18-10-16(6-9-20(18)27(23(31)22(21)30)12-14-2-1-3-14)19-13-26(25-24-19)11-15-4-7-17(8-5-15)28(32)33/h4-10,13-14,22,30H,1-3,11-12H2. The number of fused-ring (bicyclic) bond motifs is 1. The molecule has 168 valence electrons. The molecule has 2 aromatic carbocycles. The highest BCUT2D eigenvalue weighted by molar-refractivity contribution is 6.24. The number of benzene rings is 2. The summed E-state index contributed by atoms with van der Waals surface area (Å²) in [5, 5.41) is 29.3. The van der Waals surface area contributed by atoms with Gasteiger partial charge in [0.05, 0.1) is 23.4 Å². The number of carbonyl (C=O) groups excluding carboxylic acids is 2. The molecule has 10 heteroatoms. The highest BCUT2D eigenvalue weighted by Gasteiger charge is 2.39. The third kappa shape index (κ3) is 3.89. The lowest BCUT2D eigenvalue weighted by atomic mass is 9.84. The minimum Gasteiger partial charge on any atom is -0.376 e. The number of nitro benzene ring substituents is 1. The minimum atomic E-state index is -1.69. The molecule has 0 bridgehead atoms. The molecular weight excluding hydrogens is 426 g/mol. The van der Waals surface area contributed by atoms with Crippen molar-refractivity contribution in [3.8, 4) is 11.3 Å². The van der Waals surface area contributed by atoms with Gasteiger partial charge in [0.1, 0.15) is 5.69 Å². The Bertz CT molecular complexity index is 1250. The van der Waals surface area contributed by atoms with Crippen LogP contribution in [-0.2, 0) is 11.3 Å². The first-order valence-corrected chi connectivity index (χ1v) is 10.7. The van der Waals surface area contributed by atoms with E-state index < -0.39 is 22.7 Å². The minimum absolute atomic E-state index is 0.0174. The molecule has 3 aromatic rings. The van der Waals surface area contributed by atoms with E-state index >= 15 is 0 Å². The van der Waals surface area contributed by atoms with Crippen LogP contribution in [0.1, 0.15) is 35.2 Å². The SMILES string of the molecule is O=C1c2cc(-c3cn(Cc4ccc([N+](=O)[O-])cc4)nn3)ccc2N(CC2CCC2)C(=O)C1O. The molecule has 1 aliphatic carbocycles. The fraction of sp³-hybridized carbons (Fsp3) is 0.304. The first-order chi connectivity index (χ1) is 15.9. The first-order valence-electron chi connectivity index (χ1n) is 10.7. The number of hydrogen-bond acceptors (Lipinski definition) is 7. The number of aliphatic hydroxyl groups is 1. The van der Waals surface area contributed by atoms with Crippen LogP contribution in [0.25, 0.3) is 11.3 Å². The summed E-state index contributed by atoms with van der Waals surface area (Å²) in [6.45, 7) is 0.873. The molecule has 2 heterocycles. The molecule has 1 unspecified atom stereocenters. The van der Waals surface area contributed by atoms with Gasteiger partial charge in [-0.05, 0) is 36.5 Å². The molecule has 1 aliphatic heterocycles. The molecule has 0 radical (unpaired) electrons.